The number of allylic oxidation sites excluding steroid dienone is 1. The molecule has 0 aliphatic rings. The summed E-state index contributed by atoms with van der Waals surface area (Å²) in [5.41, 5.74) is 2.28. The molecule has 0 aliphatic heterocycles. The number of ether oxygens (including phenoxy) is 2. The number of hydrogen-bond donors (Lipinski definition) is 0. The van der Waals surface area contributed by atoms with Crippen LogP contribution in [0.2, 0.25) is 0 Å². The van der Waals surface area contributed by atoms with Crippen LogP contribution in [-0.2, 0) is 0 Å². The molecule has 0 aliphatic carbocycles. The number of nitriles is 2. The van der Waals surface area contributed by atoms with Gasteiger partial charge in [0.25, 0.3) is 0 Å². The Morgan fingerprint density at radius 1 is 0.963 bits per heavy atom. The normalized spacial score (nSPS) is 10.9. The Hall–Kier alpha value is -3.76. The van der Waals surface area contributed by atoms with Gasteiger partial charge >= 0.3 is 0 Å². The van der Waals surface area contributed by atoms with Crippen molar-refractivity contribution in [3.05, 3.63) is 71.8 Å². The molecule has 0 radical (unpaired) electrons. The zero-order valence-electron chi connectivity index (χ0n) is 15.0. The van der Waals surface area contributed by atoms with Crippen LogP contribution in [-0.4, -0.2) is 13.2 Å². The summed E-state index contributed by atoms with van der Waals surface area (Å²) in [6.07, 6.45) is 1.83. The summed E-state index contributed by atoms with van der Waals surface area (Å²) in [5, 5.41) is 20.6. The zero-order valence-corrected chi connectivity index (χ0v) is 15.0. The van der Waals surface area contributed by atoms with E-state index in [1.165, 1.54) is 0 Å². The summed E-state index contributed by atoms with van der Waals surface area (Å²) in [7, 11) is 0. The first kappa shape index (κ1) is 18.0. The molecule has 3 aromatic rings. The third kappa shape index (κ3) is 4.08. The van der Waals surface area contributed by atoms with E-state index in [2.05, 4.69) is 6.07 Å². The Bertz CT molecular complexity index is 1070. The molecule has 0 N–H and O–H groups in total. The number of rotatable bonds is 6. The van der Waals surface area contributed by atoms with E-state index in [9.17, 15) is 5.26 Å². The topological polar surface area (TPSA) is 66.0 Å². The zero-order chi connectivity index (χ0) is 19.1. The maximum atomic E-state index is 9.73. The molecule has 4 nitrogen and oxygen atoms in total. The number of fused-ring (bicyclic) bond motifs is 1. The van der Waals surface area contributed by atoms with Gasteiger partial charge in [-0.15, -0.1) is 0 Å². The quantitative estimate of drug-likeness (QED) is 0.450. The molecule has 27 heavy (non-hydrogen) atoms. The van der Waals surface area contributed by atoms with E-state index in [1.54, 1.807) is 6.07 Å². The van der Waals surface area contributed by atoms with Crippen LogP contribution in [0.15, 0.2) is 60.7 Å². The maximum Gasteiger partial charge on any atom is 0.174 e. The highest BCUT2D eigenvalue weighted by Crippen LogP contribution is 2.31. The van der Waals surface area contributed by atoms with E-state index in [0.717, 1.165) is 21.9 Å². The molecule has 0 saturated heterocycles. The van der Waals surface area contributed by atoms with Gasteiger partial charge in [-0.1, -0.05) is 48.5 Å². The van der Waals surface area contributed by atoms with Crippen LogP contribution in [0.3, 0.4) is 0 Å². The molecule has 0 spiro atoms. The Kier molecular flexibility index (Phi) is 5.72. The fourth-order valence-corrected chi connectivity index (χ4v) is 2.91. The highest BCUT2D eigenvalue weighted by molar-refractivity contribution is 6.01. The molecule has 4 heteroatoms. The molecular formula is C23H18N2O2. The first-order valence-corrected chi connectivity index (χ1v) is 8.63. The Morgan fingerprint density at radius 2 is 1.78 bits per heavy atom. The number of hydrogen-bond acceptors (Lipinski definition) is 4. The predicted octanol–water partition coefficient (Wildman–Crippen LogP) is 5.21. The van der Waals surface area contributed by atoms with Gasteiger partial charge in [0.15, 0.2) is 18.1 Å². The fraction of sp³-hybridized carbons (Fsp3) is 0.130. The highest BCUT2D eigenvalue weighted by atomic mass is 16.5. The minimum absolute atomic E-state index is 0.0469. The van der Waals surface area contributed by atoms with Crippen molar-refractivity contribution in [1.29, 1.82) is 10.5 Å². The lowest BCUT2D eigenvalue weighted by Gasteiger charge is -2.11. The van der Waals surface area contributed by atoms with Gasteiger partial charge in [0.1, 0.15) is 6.07 Å². The van der Waals surface area contributed by atoms with Gasteiger partial charge in [-0.25, -0.2) is 0 Å². The molecule has 132 valence electrons. The largest absolute Gasteiger partial charge is 0.490 e. The second-order valence-electron chi connectivity index (χ2n) is 5.78. The van der Waals surface area contributed by atoms with Crippen molar-refractivity contribution in [1.82, 2.24) is 0 Å². The Morgan fingerprint density at radius 3 is 2.56 bits per heavy atom. The standard InChI is InChI=1S/C23H18N2O2/c1-2-26-23-15-17(10-11-22(23)27-13-12-24)14-19(16-25)21-9-5-7-18-6-3-4-8-20(18)21/h3-11,14-15H,2,13H2,1H3/b19-14+. The third-order valence-corrected chi connectivity index (χ3v) is 4.07. The van der Waals surface area contributed by atoms with E-state index in [4.69, 9.17) is 14.7 Å². The van der Waals surface area contributed by atoms with Crippen LogP contribution in [0.5, 0.6) is 11.5 Å². The molecule has 0 atom stereocenters. The molecule has 0 saturated carbocycles. The average molecular weight is 354 g/mol. The summed E-state index contributed by atoms with van der Waals surface area (Å²) >= 11 is 0. The summed E-state index contributed by atoms with van der Waals surface area (Å²) < 4.78 is 11.0. The lowest BCUT2D eigenvalue weighted by Crippen LogP contribution is -1.99. The monoisotopic (exact) mass is 354 g/mol. The molecule has 0 unspecified atom stereocenters. The van der Waals surface area contributed by atoms with Gasteiger partial charge in [0.2, 0.25) is 0 Å². The van der Waals surface area contributed by atoms with Gasteiger partial charge < -0.3 is 9.47 Å². The van der Waals surface area contributed by atoms with Gasteiger partial charge in [-0.2, -0.15) is 10.5 Å². The lowest BCUT2D eigenvalue weighted by molar-refractivity contribution is 0.298. The second-order valence-corrected chi connectivity index (χ2v) is 5.78. The van der Waals surface area contributed by atoms with E-state index in [1.807, 2.05) is 73.7 Å². The fourth-order valence-electron chi connectivity index (χ4n) is 2.91. The third-order valence-electron chi connectivity index (χ3n) is 4.07. The summed E-state index contributed by atoms with van der Waals surface area (Å²) in [5.74, 6) is 1.07. The molecular weight excluding hydrogens is 336 g/mol. The predicted molar refractivity (Wildman–Crippen MR) is 106 cm³/mol. The van der Waals surface area contributed by atoms with E-state index in [0.29, 0.717) is 23.7 Å². The molecule has 0 heterocycles. The minimum atomic E-state index is -0.0469. The highest BCUT2D eigenvalue weighted by Gasteiger charge is 2.09. The van der Waals surface area contributed by atoms with Gasteiger partial charge in [-0.05, 0) is 41.5 Å². The summed E-state index contributed by atoms with van der Waals surface area (Å²) in [6, 6.07) is 23.6. The first-order valence-electron chi connectivity index (χ1n) is 8.63. The van der Waals surface area contributed by atoms with Crippen LogP contribution in [0, 0.1) is 22.7 Å². The van der Waals surface area contributed by atoms with Crippen molar-refractivity contribution in [2.75, 3.05) is 13.2 Å². The SMILES string of the molecule is CCOc1cc(/C=C(\C#N)c2cccc3ccccc23)ccc1OCC#N. The molecule has 0 bridgehead atoms. The molecule has 0 amide bonds. The van der Waals surface area contributed by atoms with Crippen LogP contribution in [0.1, 0.15) is 18.1 Å². The van der Waals surface area contributed by atoms with Crippen molar-refractivity contribution in [2.45, 2.75) is 6.92 Å². The maximum absolute atomic E-state index is 9.73. The Balaban J connectivity index is 2.04. The van der Waals surface area contributed by atoms with E-state index < -0.39 is 0 Å². The second kappa shape index (κ2) is 8.56. The molecule has 3 rings (SSSR count). The molecule has 3 aromatic carbocycles. The van der Waals surface area contributed by atoms with Crippen molar-refractivity contribution < 1.29 is 9.47 Å². The van der Waals surface area contributed by atoms with Crippen molar-refractivity contribution in [3.63, 3.8) is 0 Å². The number of nitrogens with zero attached hydrogens (tertiary/aromatic N) is 2. The first-order chi connectivity index (χ1) is 13.3. The smallest absolute Gasteiger partial charge is 0.174 e. The van der Waals surface area contributed by atoms with Crippen LogP contribution in [0.25, 0.3) is 22.4 Å². The Labute approximate surface area is 158 Å². The average Bonchev–Trinajstić information content (AvgIpc) is 2.71. The summed E-state index contributed by atoms with van der Waals surface area (Å²) in [6.45, 7) is 2.31. The van der Waals surface area contributed by atoms with Gasteiger partial charge in [-0.3, -0.25) is 0 Å². The summed E-state index contributed by atoms with van der Waals surface area (Å²) in [4.78, 5) is 0. The number of benzene rings is 3. The minimum Gasteiger partial charge on any atom is -0.490 e. The van der Waals surface area contributed by atoms with E-state index >= 15 is 0 Å². The van der Waals surface area contributed by atoms with Crippen LogP contribution >= 0.6 is 0 Å². The van der Waals surface area contributed by atoms with Crippen molar-refractivity contribution in [3.8, 4) is 23.6 Å². The van der Waals surface area contributed by atoms with Gasteiger partial charge in [0, 0.05) is 5.56 Å². The van der Waals surface area contributed by atoms with Crippen LogP contribution in [0.4, 0.5) is 0 Å². The lowest BCUT2D eigenvalue weighted by atomic mass is 9.97. The molecule has 0 aromatic heterocycles. The molecule has 0 fully saturated rings. The van der Waals surface area contributed by atoms with Crippen LogP contribution < -0.4 is 9.47 Å². The van der Waals surface area contributed by atoms with Crippen molar-refractivity contribution >= 4 is 22.4 Å². The van der Waals surface area contributed by atoms with E-state index in [-0.39, 0.29) is 6.61 Å². The van der Waals surface area contributed by atoms with Crippen molar-refractivity contribution in [2.24, 2.45) is 0 Å². The van der Waals surface area contributed by atoms with Gasteiger partial charge in [0.05, 0.1) is 18.2 Å².